The number of hydrogen-bond donors (Lipinski definition) is 1. The van der Waals surface area contributed by atoms with E-state index < -0.39 is 4.92 Å². The molecule has 0 spiro atoms. The zero-order valence-corrected chi connectivity index (χ0v) is 11.9. The van der Waals surface area contributed by atoms with Crippen molar-refractivity contribution in [3.63, 3.8) is 0 Å². The fourth-order valence-corrected chi connectivity index (χ4v) is 2.10. The maximum Gasteiger partial charge on any atom is 0.293 e. The number of nitrogens with one attached hydrogen (secondary N) is 1. The minimum Gasteiger partial charge on any atom is -0.350 e. The number of carbonyl (C=O) groups is 1. The van der Waals surface area contributed by atoms with Gasteiger partial charge in [0.15, 0.2) is 5.78 Å². The number of hydrogen-bond acceptors (Lipinski definition) is 4. The summed E-state index contributed by atoms with van der Waals surface area (Å²) in [4.78, 5) is 22.1. The third-order valence-corrected chi connectivity index (χ3v) is 3.27. The number of para-hydroxylation sites is 1. The van der Waals surface area contributed by atoms with Gasteiger partial charge in [-0.15, -0.1) is 0 Å². The van der Waals surface area contributed by atoms with Crippen LogP contribution in [-0.4, -0.2) is 10.7 Å². The Morgan fingerprint density at radius 1 is 1.19 bits per heavy atom. The second-order valence-corrected chi connectivity index (χ2v) is 4.68. The topological polar surface area (TPSA) is 72.2 Å². The minimum atomic E-state index is -0.483. The minimum absolute atomic E-state index is 0.103. The van der Waals surface area contributed by atoms with Crippen LogP contribution in [0.1, 0.15) is 29.8 Å². The molecule has 0 fully saturated rings. The van der Waals surface area contributed by atoms with Gasteiger partial charge >= 0.3 is 0 Å². The van der Waals surface area contributed by atoms with Gasteiger partial charge in [0.1, 0.15) is 5.69 Å². The third kappa shape index (κ3) is 3.25. The number of nitrogens with zero attached hydrogens (tertiary/aromatic N) is 1. The number of nitro groups is 1. The number of ketones is 1. The van der Waals surface area contributed by atoms with Crippen molar-refractivity contribution in [2.24, 2.45) is 0 Å². The van der Waals surface area contributed by atoms with Crippen LogP contribution in [0.25, 0.3) is 0 Å². The standard InChI is InChI=1S/C16H16N2O3/c1-3-12-6-4-5-7-14(12)17-15-9-8-13(11(2)19)10-16(15)18(20)21/h4-10,17H,3H2,1-2H3. The molecule has 0 aromatic heterocycles. The second-order valence-electron chi connectivity index (χ2n) is 4.68. The van der Waals surface area contributed by atoms with E-state index in [9.17, 15) is 14.9 Å². The molecule has 21 heavy (non-hydrogen) atoms. The molecule has 0 heterocycles. The fraction of sp³-hybridized carbons (Fsp3) is 0.188. The van der Waals surface area contributed by atoms with Crippen molar-refractivity contribution in [3.05, 3.63) is 63.7 Å². The summed E-state index contributed by atoms with van der Waals surface area (Å²) >= 11 is 0. The van der Waals surface area contributed by atoms with E-state index in [1.165, 1.54) is 13.0 Å². The predicted octanol–water partition coefficient (Wildman–Crippen LogP) is 4.10. The molecule has 0 unspecified atom stereocenters. The molecular weight excluding hydrogens is 268 g/mol. The van der Waals surface area contributed by atoms with Crippen LogP contribution in [0, 0.1) is 10.1 Å². The summed E-state index contributed by atoms with van der Waals surface area (Å²) in [5, 5.41) is 14.3. The largest absolute Gasteiger partial charge is 0.350 e. The van der Waals surface area contributed by atoms with Gasteiger partial charge in [0.2, 0.25) is 0 Å². The highest BCUT2D eigenvalue weighted by atomic mass is 16.6. The van der Waals surface area contributed by atoms with Gasteiger partial charge in [0, 0.05) is 17.3 Å². The zero-order chi connectivity index (χ0) is 15.4. The summed E-state index contributed by atoms with van der Waals surface area (Å²) in [6.07, 6.45) is 0.822. The molecule has 0 bridgehead atoms. The van der Waals surface area contributed by atoms with Crippen molar-refractivity contribution in [2.75, 3.05) is 5.32 Å². The first kappa shape index (κ1) is 14.7. The Kier molecular flexibility index (Phi) is 4.33. The van der Waals surface area contributed by atoms with Crippen LogP contribution in [-0.2, 0) is 6.42 Å². The Balaban J connectivity index is 2.44. The maximum absolute atomic E-state index is 11.3. The highest BCUT2D eigenvalue weighted by Gasteiger charge is 2.16. The van der Waals surface area contributed by atoms with E-state index in [1.54, 1.807) is 12.1 Å². The summed E-state index contributed by atoms with van der Waals surface area (Å²) in [6, 6.07) is 12.1. The molecular formula is C16H16N2O3. The van der Waals surface area contributed by atoms with Gasteiger partial charge < -0.3 is 5.32 Å². The smallest absolute Gasteiger partial charge is 0.293 e. The van der Waals surface area contributed by atoms with Crippen LogP contribution in [0.5, 0.6) is 0 Å². The van der Waals surface area contributed by atoms with E-state index in [4.69, 9.17) is 0 Å². The average Bonchev–Trinajstić information content (AvgIpc) is 2.47. The van der Waals surface area contributed by atoms with E-state index in [0.717, 1.165) is 17.7 Å². The summed E-state index contributed by atoms with van der Waals surface area (Å²) < 4.78 is 0. The quantitative estimate of drug-likeness (QED) is 0.509. The van der Waals surface area contributed by atoms with Crippen molar-refractivity contribution in [1.82, 2.24) is 0 Å². The van der Waals surface area contributed by atoms with Gasteiger partial charge in [0.25, 0.3) is 5.69 Å². The highest BCUT2D eigenvalue weighted by Crippen LogP contribution is 2.30. The third-order valence-electron chi connectivity index (χ3n) is 3.27. The van der Waals surface area contributed by atoms with Crippen LogP contribution in [0.15, 0.2) is 42.5 Å². The Hall–Kier alpha value is -2.69. The maximum atomic E-state index is 11.3. The fourth-order valence-electron chi connectivity index (χ4n) is 2.10. The monoisotopic (exact) mass is 284 g/mol. The lowest BCUT2D eigenvalue weighted by Crippen LogP contribution is -2.01. The van der Waals surface area contributed by atoms with Crippen LogP contribution in [0.4, 0.5) is 17.1 Å². The number of aryl methyl sites for hydroxylation is 1. The van der Waals surface area contributed by atoms with Crippen LogP contribution in [0.3, 0.4) is 0 Å². The first-order chi connectivity index (χ1) is 10.0. The summed E-state index contributed by atoms with van der Waals surface area (Å²) in [7, 11) is 0. The lowest BCUT2D eigenvalue weighted by atomic mass is 10.1. The Labute approximate surface area is 122 Å². The van der Waals surface area contributed by atoms with Crippen molar-refractivity contribution >= 4 is 22.8 Å². The summed E-state index contributed by atoms with van der Waals surface area (Å²) in [5.74, 6) is -0.196. The number of anilines is 2. The van der Waals surface area contributed by atoms with Crippen molar-refractivity contribution in [1.29, 1.82) is 0 Å². The van der Waals surface area contributed by atoms with Crippen molar-refractivity contribution in [2.45, 2.75) is 20.3 Å². The van der Waals surface area contributed by atoms with Crippen LogP contribution >= 0.6 is 0 Å². The first-order valence-corrected chi connectivity index (χ1v) is 6.67. The molecule has 5 nitrogen and oxygen atoms in total. The molecule has 0 saturated carbocycles. The molecule has 0 atom stereocenters. The first-order valence-electron chi connectivity index (χ1n) is 6.67. The van der Waals surface area contributed by atoms with Crippen LogP contribution < -0.4 is 5.32 Å². The number of rotatable bonds is 5. The Bertz CT molecular complexity index is 696. The van der Waals surface area contributed by atoms with Gasteiger partial charge in [-0.25, -0.2) is 0 Å². The van der Waals surface area contributed by atoms with Crippen molar-refractivity contribution in [3.8, 4) is 0 Å². The average molecular weight is 284 g/mol. The Morgan fingerprint density at radius 3 is 2.52 bits per heavy atom. The number of benzene rings is 2. The molecule has 0 aliphatic carbocycles. The molecule has 1 N–H and O–H groups in total. The van der Waals surface area contributed by atoms with Gasteiger partial charge in [-0.05, 0) is 37.1 Å². The van der Waals surface area contributed by atoms with Gasteiger partial charge in [-0.3, -0.25) is 14.9 Å². The van der Waals surface area contributed by atoms with E-state index >= 15 is 0 Å². The molecule has 0 saturated heterocycles. The molecule has 2 rings (SSSR count). The molecule has 108 valence electrons. The van der Waals surface area contributed by atoms with Crippen molar-refractivity contribution < 1.29 is 9.72 Å². The van der Waals surface area contributed by atoms with Gasteiger partial charge in [-0.1, -0.05) is 25.1 Å². The normalized spacial score (nSPS) is 10.2. The highest BCUT2D eigenvalue weighted by molar-refractivity contribution is 5.95. The van der Waals surface area contributed by atoms with Gasteiger partial charge in [0.05, 0.1) is 4.92 Å². The van der Waals surface area contributed by atoms with E-state index in [0.29, 0.717) is 11.3 Å². The molecule has 0 radical (unpaired) electrons. The summed E-state index contributed by atoms with van der Waals surface area (Å²) in [6.45, 7) is 3.41. The number of nitro benzene ring substituents is 1. The van der Waals surface area contributed by atoms with E-state index in [2.05, 4.69) is 5.32 Å². The molecule has 2 aromatic carbocycles. The lowest BCUT2D eigenvalue weighted by molar-refractivity contribution is -0.383. The number of Topliss-reactive ketones (excluding diaryl/α,β-unsaturated/α-hetero) is 1. The van der Waals surface area contributed by atoms with E-state index in [-0.39, 0.29) is 11.5 Å². The molecule has 0 aliphatic heterocycles. The SMILES string of the molecule is CCc1ccccc1Nc1ccc(C(C)=O)cc1[N+](=O)[O-]. The molecule has 0 aliphatic rings. The Morgan fingerprint density at radius 2 is 1.90 bits per heavy atom. The molecule has 5 heteroatoms. The number of carbonyl (C=O) groups excluding carboxylic acids is 1. The predicted molar refractivity (Wildman–Crippen MR) is 82.2 cm³/mol. The lowest BCUT2D eigenvalue weighted by Gasteiger charge is -2.11. The van der Waals surface area contributed by atoms with Crippen LogP contribution in [0.2, 0.25) is 0 Å². The molecule has 2 aromatic rings. The molecule has 0 amide bonds. The summed E-state index contributed by atoms with van der Waals surface area (Å²) in [5.41, 5.74) is 2.51. The van der Waals surface area contributed by atoms with E-state index in [1.807, 2.05) is 31.2 Å². The van der Waals surface area contributed by atoms with Gasteiger partial charge in [-0.2, -0.15) is 0 Å². The zero-order valence-electron chi connectivity index (χ0n) is 11.9. The second kappa shape index (κ2) is 6.17.